The molecule has 0 fully saturated rings. The van der Waals surface area contributed by atoms with Crippen LogP contribution >= 0.6 is 23.1 Å². The molecule has 5 nitrogen and oxygen atoms in total. The molecule has 0 unspecified atom stereocenters. The number of hydrogen-bond donors (Lipinski definition) is 0. The first-order valence-corrected chi connectivity index (χ1v) is 5.61. The molecular weight excluding hydrogens is 240 g/mol. The van der Waals surface area contributed by atoms with E-state index in [1.807, 2.05) is 0 Å². The van der Waals surface area contributed by atoms with Gasteiger partial charge in [-0.15, -0.1) is 5.10 Å². The van der Waals surface area contributed by atoms with Crippen LogP contribution in [-0.4, -0.2) is 43.1 Å². The highest BCUT2D eigenvalue weighted by molar-refractivity contribution is 7.10. The zero-order valence-corrected chi connectivity index (χ0v) is 10.0. The van der Waals surface area contributed by atoms with Crippen LogP contribution in [0.15, 0.2) is 0 Å². The molecule has 15 heavy (non-hydrogen) atoms. The summed E-state index contributed by atoms with van der Waals surface area (Å²) in [7, 11) is 1.64. The molecule has 0 aliphatic carbocycles. The van der Waals surface area contributed by atoms with Crippen LogP contribution in [0.25, 0.3) is 0 Å². The number of methoxy groups -OCH3 is 1. The molecule has 0 saturated carbocycles. The highest BCUT2D eigenvalue weighted by Gasteiger charge is 2.04. The van der Waals surface area contributed by atoms with E-state index in [0.717, 1.165) is 11.5 Å². The normalized spacial score (nSPS) is 10.8. The fourth-order valence-electron chi connectivity index (χ4n) is 0.814. The Labute approximate surface area is 97.5 Å². The van der Waals surface area contributed by atoms with Crippen LogP contribution < -0.4 is 0 Å². The van der Waals surface area contributed by atoms with Crippen molar-refractivity contribution in [3.05, 3.63) is 10.0 Å². The lowest BCUT2D eigenvalue weighted by Gasteiger charge is -2.03. The first-order chi connectivity index (χ1) is 7.34. The topological polar surface area (TPSA) is 53.5 Å². The number of hydrogen-bond acceptors (Lipinski definition) is 6. The summed E-state index contributed by atoms with van der Waals surface area (Å²) in [4.78, 5) is 0. The molecule has 0 aliphatic heterocycles. The van der Waals surface area contributed by atoms with Crippen LogP contribution in [-0.2, 0) is 20.8 Å². The SMILES string of the molecule is COCCOCCOCc1nnsc1Cl. The maximum Gasteiger partial charge on any atom is 0.139 e. The Balaban J connectivity index is 1.96. The third-order valence-electron chi connectivity index (χ3n) is 1.55. The predicted octanol–water partition coefficient (Wildman–Crippen LogP) is 1.37. The maximum absolute atomic E-state index is 5.79. The molecule has 0 aromatic carbocycles. The first kappa shape index (κ1) is 12.8. The van der Waals surface area contributed by atoms with Crippen LogP contribution in [0.3, 0.4) is 0 Å². The van der Waals surface area contributed by atoms with Crippen LogP contribution in [0.1, 0.15) is 5.69 Å². The van der Waals surface area contributed by atoms with Crippen molar-refractivity contribution >= 4 is 23.1 Å². The largest absolute Gasteiger partial charge is 0.382 e. The summed E-state index contributed by atoms with van der Waals surface area (Å²) in [5.74, 6) is 0. The molecule has 0 aliphatic rings. The van der Waals surface area contributed by atoms with Gasteiger partial charge in [0.15, 0.2) is 0 Å². The van der Waals surface area contributed by atoms with Crippen LogP contribution in [0.2, 0.25) is 4.34 Å². The van der Waals surface area contributed by atoms with Gasteiger partial charge in [-0.1, -0.05) is 16.1 Å². The second-order valence-corrected chi connectivity index (χ2v) is 4.01. The van der Waals surface area contributed by atoms with E-state index >= 15 is 0 Å². The summed E-state index contributed by atoms with van der Waals surface area (Å²) in [6.45, 7) is 2.61. The van der Waals surface area contributed by atoms with Gasteiger partial charge in [0.1, 0.15) is 10.0 Å². The molecule has 0 atom stereocenters. The lowest BCUT2D eigenvalue weighted by Crippen LogP contribution is -2.08. The van der Waals surface area contributed by atoms with E-state index in [2.05, 4.69) is 9.59 Å². The van der Waals surface area contributed by atoms with E-state index in [0.29, 0.717) is 43.1 Å². The number of ether oxygens (including phenoxy) is 3. The van der Waals surface area contributed by atoms with Gasteiger partial charge in [0.25, 0.3) is 0 Å². The van der Waals surface area contributed by atoms with Gasteiger partial charge >= 0.3 is 0 Å². The minimum absolute atomic E-state index is 0.378. The minimum atomic E-state index is 0.378. The molecule has 86 valence electrons. The summed E-state index contributed by atoms with van der Waals surface area (Å²) in [5.41, 5.74) is 0.679. The standard InChI is InChI=1S/C8H13ClN2O3S/c1-12-2-3-13-4-5-14-6-7-8(9)15-11-10-7/h2-6H2,1H3. The van der Waals surface area contributed by atoms with Crippen molar-refractivity contribution in [3.63, 3.8) is 0 Å². The Kier molecular flexibility index (Phi) is 6.78. The molecule has 0 amide bonds. The number of rotatable bonds is 8. The van der Waals surface area contributed by atoms with Crippen LogP contribution in [0, 0.1) is 0 Å². The lowest BCUT2D eigenvalue weighted by molar-refractivity contribution is 0.0192. The van der Waals surface area contributed by atoms with Gasteiger partial charge in [-0.25, -0.2) is 0 Å². The van der Waals surface area contributed by atoms with E-state index in [4.69, 9.17) is 25.8 Å². The Morgan fingerprint density at radius 2 is 1.93 bits per heavy atom. The maximum atomic E-state index is 5.79. The average molecular weight is 253 g/mol. The summed E-state index contributed by atoms with van der Waals surface area (Å²) in [6.07, 6.45) is 0. The van der Waals surface area contributed by atoms with Gasteiger partial charge in [-0.05, 0) is 0 Å². The Hall–Kier alpha value is -0.270. The first-order valence-electron chi connectivity index (χ1n) is 4.45. The van der Waals surface area contributed by atoms with Gasteiger partial charge in [0.2, 0.25) is 0 Å². The third kappa shape index (κ3) is 5.39. The molecule has 0 N–H and O–H groups in total. The van der Waals surface area contributed by atoms with E-state index < -0.39 is 0 Å². The molecule has 0 saturated heterocycles. The third-order valence-corrected chi connectivity index (χ3v) is 2.54. The van der Waals surface area contributed by atoms with E-state index in [1.165, 1.54) is 0 Å². The van der Waals surface area contributed by atoms with Gasteiger partial charge in [0, 0.05) is 18.6 Å². The molecule has 0 radical (unpaired) electrons. The highest BCUT2D eigenvalue weighted by atomic mass is 35.5. The monoisotopic (exact) mass is 252 g/mol. The molecule has 0 bridgehead atoms. The zero-order valence-electron chi connectivity index (χ0n) is 8.44. The van der Waals surface area contributed by atoms with E-state index in [1.54, 1.807) is 7.11 Å². The molecule has 1 rings (SSSR count). The molecule has 1 aromatic heterocycles. The highest BCUT2D eigenvalue weighted by Crippen LogP contribution is 2.17. The number of halogens is 1. The Morgan fingerprint density at radius 1 is 1.20 bits per heavy atom. The minimum Gasteiger partial charge on any atom is -0.382 e. The van der Waals surface area contributed by atoms with Gasteiger partial charge in [0.05, 0.1) is 33.0 Å². The molecule has 1 heterocycles. The van der Waals surface area contributed by atoms with Gasteiger partial charge < -0.3 is 14.2 Å². The summed E-state index contributed by atoms with van der Waals surface area (Å²) >= 11 is 6.94. The van der Waals surface area contributed by atoms with Crippen molar-refractivity contribution in [1.29, 1.82) is 0 Å². The van der Waals surface area contributed by atoms with Crippen molar-refractivity contribution in [3.8, 4) is 0 Å². The molecule has 0 spiro atoms. The predicted molar refractivity (Wildman–Crippen MR) is 57.3 cm³/mol. The van der Waals surface area contributed by atoms with Crippen LogP contribution in [0.5, 0.6) is 0 Å². The van der Waals surface area contributed by atoms with Crippen molar-refractivity contribution in [2.45, 2.75) is 6.61 Å². The second kappa shape index (κ2) is 7.95. The fraction of sp³-hybridized carbons (Fsp3) is 0.750. The van der Waals surface area contributed by atoms with E-state index in [-0.39, 0.29) is 0 Å². The second-order valence-electron chi connectivity index (χ2n) is 2.65. The van der Waals surface area contributed by atoms with Crippen molar-refractivity contribution in [2.24, 2.45) is 0 Å². The zero-order chi connectivity index (χ0) is 10.9. The molecule has 7 heteroatoms. The molecule has 1 aromatic rings. The average Bonchev–Trinajstić information content (AvgIpc) is 2.63. The fourth-order valence-corrected chi connectivity index (χ4v) is 1.42. The van der Waals surface area contributed by atoms with Crippen molar-refractivity contribution in [2.75, 3.05) is 33.5 Å². The number of nitrogens with zero attached hydrogens (tertiary/aromatic N) is 2. The summed E-state index contributed by atoms with van der Waals surface area (Å²) < 4.78 is 19.6. The van der Waals surface area contributed by atoms with E-state index in [9.17, 15) is 0 Å². The Morgan fingerprint density at radius 3 is 2.60 bits per heavy atom. The Bertz CT molecular complexity index is 272. The molecular formula is C8H13ClN2O3S. The van der Waals surface area contributed by atoms with Gasteiger partial charge in [-0.3, -0.25) is 0 Å². The van der Waals surface area contributed by atoms with Crippen molar-refractivity contribution < 1.29 is 14.2 Å². The summed E-state index contributed by atoms with van der Waals surface area (Å²) in [5, 5.41) is 3.81. The van der Waals surface area contributed by atoms with Crippen molar-refractivity contribution in [1.82, 2.24) is 9.59 Å². The van der Waals surface area contributed by atoms with Gasteiger partial charge in [-0.2, -0.15) is 0 Å². The lowest BCUT2D eigenvalue weighted by atomic mass is 10.5. The quantitative estimate of drug-likeness (QED) is 0.654. The summed E-state index contributed by atoms with van der Waals surface area (Å²) in [6, 6.07) is 0. The smallest absolute Gasteiger partial charge is 0.139 e. The van der Waals surface area contributed by atoms with Crippen LogP contribution in [0.4, 0.5) is 0 Å². The number of aromatic nitrogens is 2.